The Morgan fingerprint density at radius 3 is 2.32 bits per heavy atom. The number of hydrogen-bond acceptors (Lipinski definition) is 5. The van der Waals surface area contributed by atoms with E-state index in [1.165, 1.54) is 0 Å². The van der Waals surface area contributed by atoms with Crippen LogP contribution in [0.25, 0.3) is 0 Å². The molecule has 0 saturated heterocycles. The van der Waals surface area contributed by atoms with Gasteiger partial charge < -0.3 is 15.1 Å². The lowest BCUT2D eigenvalue weighted by molar-refractivity contribution is 0.256. The van der Waals surface area contributed by atoms with Gasteiger partial charge in [0.05, 0.1) is 0 Å². The molecule has 0 fully saturated rings. The molecule has 0 saturated carbocycles. The molecule has 2 amide bonds. The van der Waals surface area contributed by atoms with Crippen molar-refractivity contribution < 1.29 is 17.8 Å². The van der Waals surface area contributed by atoms with Crippen molar-refractivity contribution in [1.82, 2.24) is 10.0 Å². The Balaban J connectivity index is 1.54. The monoisotopic (exact) mass is 448 g/mol. The van der Waals surface area contributed by atoms with Crippen molar-refractivity contribution >= 4 is 21.6 Å². The van der Waals surface area contributed by atoms with E-state index in [-0.39, 0.29) is 17.0 Å². The van der Waals surface area contributed by atoms with Crippen LogP contribution in [0.2, 0.25) is 0 Å². The Morgan fingerprint density at radius 1 is 1.16 bits per heavy atom. The molecule has 0 bridgehead atoms. The molecule has 1 atom stereocenters. The molecule has 0 radical (unpaired) electrons. The third-order valence-electron chi connectivity index (χ3n) is 6.03. The molecule has 1 aromatic heterocycles. The summed E-state index contributed by atoms with van der Waals surface area (Å²) in [5.74, 6) is 0.434. The fraction of sp³-hybridized carbons (Fsp3) is 0.500. The second kappa shape index (κ2) is 8.27. The van der Waals surface area contributed by atoms with E-state index in [0.717, 1.165) is 29.5 Å². The summed E-state index contributed by atoms with van der Waals surface area (Å²) in [6.07, 6.45) is 4.43. The van der Waals surface area contributed by atoms with Crippen molar-refractivity contribution in [2.45, 2.75) is 77.0 Å². The van der Waals surface area contributed by atoms with Crippen LogP contribution in [0.15, 0.2) is 15.6 Å². The number of nitrogens with one attached hydrogen (secondary N) is 4. The second-order valence-electron chi connectivity index (χ2n) is 8.61. The van der Waals surface area contributed by atoms with Crippen molar-refractivity contribution in [2.75, 3.05) is 5.32 Å². The standard InChI is InChI=1S/C22H29FN4O3S/c1-12(2)25-11-14-10-19(30-13(14)3)31(24,29)27-22(28)26-21-17-8-4-6-15(17)20(23)16-7-5-9-18(16)21/h10,12,25H,4-9,11H2,1-3H3,(H3,24,26,27,28,29)/t31-/m0/s1. The number of fused-ring (bicyclic) bond motifs is 2. The molecule has 1 heterocycles. The van der Waals surface area contributed by atoms with Gasteiger partial charge >= 0.3 is 6.03 Å². The maximum Gasteiger partial charge on any atom is 0.332 e. The molecule has 4 N–H and O–H groups in total. The van der Waals surface area contributed by atoms with Crippen molar-refractivity contribution in [3.8, 4) is 0 Å². The van der Waals surface area contributed by atoms with Crippen LogP contribution in [0.4, 0.5) is 14.9 Å². The van der Waals surface area contributed by atoms with E-state index < -0.39 is 15.9 Å². The molecule has 2 aromatic rings. The topological polar surface area (TPSA) is 107 Å². The Morgan fingerprint density at radius 2 is 1.74 bits per heavy atom. The number of benzene rings is 1. The van der Waals surface area contributed by atoms with Gasteiger partial charge in [0.1, 0.15) is 11.6 Å². The molecular weight excluding hydrogens is 419 g/mol. The van der Waals surface area contributed by atoms with Crippen molar-refractivity contribution in [3.63, 3.8) is 0 Å². The van der Waals surface area contributed by atoms with Gasteiger partial charge in [-0.2, -0.15) is 0 Å². The quantitative estimate of drug-likeness (QED) is 0.527. The molecule has 2 aliphatic carbocycles. The SMILES string of the molecule is Cc1oc([S@@](=N)(=O)NC(=O)Nc2c3c(c(F)c4c2CCC4)CCC3)cc1CNC(C)C. The first-order valence-electron chi connectivity index (χ1n) is 10.7. The largest absolute Gasteiger partial charge is 0.449 e. The molecule has 0 aliphatic heterocycles. The highest BCUT2D eigenvalue weighted by atomic mass is 32.2. The summed E-state index contributed by atoms with van der Waals surface area (Å²) < 4.78 is 43.8. The average molecular weight is 449 g/mol. The molecule has 168 valence electrons. The zero-order chi connectivity index (χ0) is 22.3. The van der Waals surface area contributed by atoms with Crippen LogP contribution in [-0.4, -0.2) is 16.3 Å². The molecule has 1 aromatic carbocycles. The van der Waals surface area contributed by atoms with Gasteiger partial charge in [-0.3, -0.25) is 0 Å². The first kappa shape index (κ1) is 21.8. The lowest BCUT2D eigenvalue weighted by Crippen LogP contribution is -2.34. The molecule has 9 heteroatoms. The van der Waals surface area contributed by atoms with E-state index in [4.69, 9.17) is 9.20 Å². The fourth-order valence-corrected chi connectivity index (χ4v) is 5.44. The number of carbonyl (C=O) groups excluding carboxylic acids is 1. The predicted molar refractivity (Wildman–Crippen MR) is 117 cm³/mol. The molecule has 4 rings (SSSR count). The summed E-state index contributed by atoms with van der Waals surface area (Å²) in [6.45, 7) is 6.28. The van der Waals surface area contributed by atoms with E-state index in [2.05, 4.69) is 15.4 Å². The van der Waals surface area contributed by atoms with E-state index >= 15 is 0 Å². The Hall–Kier alpha value is -2.39. The molecule has 7 nitrogen and oxygen atoms in total. The number of anilines is 1. The minimum atomic E-state index is -3.69. The third kappa shape index (κ3) is 4.21. The zero-order valence-electron chi connectivity index (χ0n) is 18.1. The molecule has 2 aliphatic rings. The van der Waals surface area contributed by atoms with E-state index in [0.29, 0.717) is 54.8 Å². The number of halogens is 1. The van der Waals surface area contributed by atoms with Crippen LogP contribution in [0.1, 0.15) is 60.3 Å². The van der Waals surface area contributed by atoms with Crippen LogP contribution in [0.5, 0.6) is 0 Å². The Kier molecular flexibility index (Phi) is 5.83. The molecule has 0 unspecified atom stereocenters. The Labute approximate surface area is 182 Å². The highest BCUT2D eigenvalue weighted by molar-refractivity contribution is 7.91. The first-order valence-corrected chi connectivity index (χ1v) is 12.3. The normalized spacial score (nSPS) is 16.8. The number of furan rings is 1. The smallest absolute Gasteiger partial charge is 0.332 e. The average Bonchev–Trinajstić information content (AvgIpc) is 3.42. The van der Waals surface area contributed by atoms with Crippen molar-refractivity contribution in [2.24, 2.45) is 0 Å². The maximum atomic E-state index is 14.8. The van der Waals surface area contributed by atoms with Crippen LogP contribution in [0.3, 0.4) is 0 Å². The lowest BCUT2D eigenvalue weighted by Gasteiger charge is -2.17. The highest BCUT2D eigenvalue weighted by Gasteiger charge is 2.30. The Bertz CT molecular complexity index is 1100. The molecular formula is C22H29FN4O3S. The fourth-order valence-electron chi connectivity index (χ4n) is 4.48. The first-order chi connectivity index (χ1) is 14.7. The maximum absolute atomic E-state index is 14.8. The van der Waals surface area contributed by atoms with Gasteiger partial charge in [-0.05, 0) is 67.7 Å². The lowest BCUT2D eigenvalue weighted by atomic mass is 9.98. The van der Waals surface area contributed by atoms with Gasteiger partial charge in [0.25, 0.3) is 0 Å². The number of amides is 2. The van der Waals surface area contributed by atoms with Crippen molar-refractivity contribution in [3.05, 3.63) is 45.5 Å². The van der Waals surface area contributed by atoms with Crippen LogP contribution in [0, 0.1) is 17.5 Å². The van der Waals surface area contributed by atoms with E-state index in [1.807, 2.05) is 13.8 Å². The van der Waals surface area contributed by atoms with Gasteiger partial charge in [-0.1, -0.05) is 13.8 Å². The van der Waals surface area contributed by atoms with E-state index in [9.17, 15) is 13.4 Å². The highest BCUT2D eigenvalue weighted by Crippen LogP contribution is 2.40. The summed E-state index contributed by atoms with van der Waals surface area (Å²) in [5.41, 5.74) is 4.46. The van der Waals surface area contributed by atoms with Gasteiger partial charge in [0, 0.05) is 29.9 Å². The zero-order valence-corrected chi connectivity index (χ0v) is 18.9. The minimum Gasteiger partial charge on any atom is -0.449 e. The molecule has 0 spiro atoms. The van der Waals surface area contributed by atoms with Crippen LogP contribution < -0.4 is 15.4 Å². The van der Waals surface area contributed by atoms with Crippen LogP contribution in [-0.2, 0) is 42.1 Å². The summed E-state index contributed by atoms with van der Waals surface area (Å²) in [6, 6.07) is 1.07. The van der Waals surface area contributed by atoms with Gasteiger partial charge in [-0.15, -0.1) is 0 Å². The second-order valence-corrected chi connectivity index (χ2v) is 10.3. The third-order valence-corrected chi connectivity index (χ3v) is 7.27. The summed E-state index contributed by atoms with van der Waals surface area (Å²) in [4.78, 5) is 12.7. The number of rotatable bonds is 6. The van der Waals surface area contributed by atoms with Gasteiger partial charge in [0.2, 0.25) is 5.09 Å². The number of aryl methyl sites for hydroxylation is 1. The number of hydrogen-bond donors (Lipinski definition) is 4. The summed E-state index contributed by atoms with van der Waals surface area (Å²) in [5, 5.41) is 5.95. The van der Waals surface area contributed by atoms with E-state index in [1.54, 1.807) is 13.0 Å². The van der Waals surface area contributed by atoms with Gasteiger partial charge in [-0.25, -0.2) is 22.9 Å². The number of urea groups is 1. The molecule has 31 heavy (non-hydrogen) atoms. The van der Waals surface area contributed by atoms with Crippen molar-refractivity contribution in [1.29, 1.82) is 4.78 Å². The van der Waals surface area contributed by atoms with Gasteiger partial charge in [0.15, 0.2) is 9.92 Å². The minimum absolute atomic E-state index is 0.0877. The number of carbonyl (C=O) groups is 1. The summed E-state index contributed by atoms with van der Waals surface area (Å²) in [7, 11) is -3.69. The van der Waals surface area contributed by atoms with Crippen LogP contribution >= 0.6 is 0 Å². The summed E-state index contributed by atoms with van der Waals surface area (Å²) >= 11 is 0. The predicted octanol–water partition coefficient (Wildman–Crippen LogP) is 4.34.